The second-order valence-electron chi connectivity index (χ2n) is 8.58. The van der Waals surface area contributed by atoms with Crippen LogP contribution < -0.4 is 10.4 Å². The van der Waals surface area contributed by atoms with Crippen LogP contribution in [0.3, 0.4) is 0 Å². The lowest BCUT2D eigenvalue weighted by atomic mass is 9.91. The van der Waals surface area contributed by atoms with Crippen molar-refractivity contribution < 1.29 is 0 Å². The first-order valence-corrected chi connectivity index (χ1v) is 12.6. The van der Waals surface area contributed by atoms with E-state index >= 15 is 0 Å². The highest BCUT2D eigenvalue weighted by atomic mass is 28.3. The monoisotopic (exact) mass is 407 g/mol. The molecule has 0 spiro atoms. The number of hydrogen-bond acceptors (Lipinski definition) is 0. The lowest BCUT2D eigenvalue weighted by Gasteiger charge is -2.26. The van der Waals surface area contributed by atoms with Crippen LogP contribution in [-0.2, 0) is 0 Å². The zero-order valence-corrected chi connectivity index (χ0v) is 19.8. The molecule has 1 aliphatic carbocycles. The second-order valence-corrected chi connectivity index (χ2v) is 11.0. The van der Waals surface area contributed by atoms with Crippen molar-refractivity contribution in [2.24, 2.45) is 5.92 Å². The molecule has 0 saturated heterocycles. The van der Waals surface area contributed by atoms with Crippen LogP contribution in [0.4, 0.5) is 0 Å². The number of benzene rings is 3. The summed E-state index contributed by atoms with van der Waals surface area (Å²) in [5.41, 5.74) is 10.3. The summed E-state index contributed by atoms with van der Waals surface area (Å²) in [6, 6.07) is 30.3. The maximum absolute atomic E-state index is 2.37. The van der Waals surface area contributed by atoms with Crippen LogP contribution in [0.25, 0.3) is 5.57 Å². The molecule has 0 bridgehead atoms. The van der Waals surface area contributed by atoms with Crippen molar-refractivity contribution in [3.8, 4) is 0 Å². The minimum Gasteiger partial charge on any atom is -0.0629 e. The molecule has 0 amide bonds. The highest BCUT2D eigenvalue weighted by Gasteiger charge is 2.33. The van der Waals surface area contributed by atoms with E-state index in [1.807, 2.05) is 0 Å². The zero-order chi connectivity index (χ0) is 21.3. The zero-order valence-electron chi connectivity index (χ0n) is 18.8. The first-order chi connectivity index (χ1) is 14.5. The largest absolute Gasteiger partial charge is 0.123 e. The fourth-order valence-corrected chi connectivity index (χ4v) is 8.28. The minimum atomic E-state index is -0.930. The van der Waals surface area contributed by atoms with Gasteiger partial charge in [-0.2, -0.15) is 0 Å². The maximum Gasteiger partial charge on any atom is 0.123 e. The molecule has 3 aromatic carbocycles. The molecule has 0 aliphatic heterocycles. The average Bonchev–Trinajstić information content (AvgIpc) is 2.97. The van der Waals surface area contributed by atoms with E-state index in [4.69, 9.17) is 0 Å². The third-order valence-corrected chi connectivity index (χ3v) is 10.1. The van der Waals surface area contributed by atoms with Gasteiger partial charge in [-0.1, -0.05) is 106 Å². The van der Waals surface area contributed by atoms with E-state index < -0.39 is 8.80 Å². The normalized spacial score (nSPS) is 16.7. The summed E-state index contributed by atoms with van der Waals surface area (Å²) in [7, 11) is -0.930. The lowest BCUT2D eigenvalue weighted by Crippen LogP contribution is -2.46. The van der Waals surface area contributed by atoms with Crippen LogP contribution in [0.2, 0.25) is 6.04 Å². The van der Waals surface area contributed by atoms with Crippen molar-refractivity contribution in [2.45, 2.75) is 40.7 Å². The predicted octanol–water partition coefficient (Wildman–Crippen LogP) is 6.35. The van der Waals surface area contributed by atoms with Crippen molar-refractivity contribution >= 4 is 24.7 Å². The van der Waals surface area contributed by atoms with Crippen molar-refractivity contribution in [1.29, 1.82) is 0 Å². The second kappa shape index (κ2) is 8.61. The van der Waals surface area contributed by atoms with E-state index in [1.165, 1.54) is 39.5 Å². The van der Waals surface area contributed by atoms with E-state index in [-0.39, 0.29) is 0 Å². The Labute approximate surface area is 183 Å². The van der Waals surface area contributed by atoms with Gasteiger partial charge in [-0.05, 0) is 62.9 Å². The number of rotatable bonds is 5. The van der Waals surface area contributed by atoms with E-state index in [0.29, 0.717) is 5.92 Å². The minimum absolute atomic E-state index is 0.487. The van der Waals surface area contributed by atoms with Crippen LogP contribution in [0.1, 0.15) is 37.5 Å². The van der Waals surface area contributed by atoms with Gasteiger partial charge in [-0.25, -0.2) is 0 Å². The van der Waals surface area contributed by atoms with E-state index in [0.717, 1.165) is 0 Å². The fraction of sp³-hybridized carbons (Fsp3) is 0.241. The van der Waals surface area contributed by atoms with Gasteiger partial charge in [0, 0.05) is 5.92 Å². The summed E-state index contributed by atoms with van der Waals surface area (Å²) in [6.45, 7) is 11.5. The topological polar surface area (TPSA) is 0 Å². The lowest BCUT2D eigenvalue weighted by molar-refractivity contribution is 0.884. The van der Waals surface area contributed by atoms with Gasteiger partial charge in [-0.3, -0.25) is 0 Å². The molecular formula is C29H31Si. The van der Waals surface area contributed by atoms with Gasteiger partial charge in [0.05, 0.1) is 0 Å². The van der Waals surface area contributed by atoms with Crippen LogP contribution in [0, 0.1) is 19.8 Å². The summed E-state index contributed by atoms with van der Waals surface area (Å²) in [6.07, 6.45) is 0. The van der Waals surface area contributed by atoms with Crippen molar-refractivity contribution in [1.82, 2.24) is 0 Å². The van der Waals surface area contributed by atoms with Gasteiger partial charge in [-0.15, -0.1) is 0 Å². The first-order valence-electron chi connectivity index (χ1n) is 10.9. The Kier molecular flexibility index (Phi) is 5.92. The number of aryl methyl sites for hydroxylation is 2. The average molecular weight is 408 g/mol. The van der Waals surface area contributed by atoms with Gasteiger partial charge in [0.25, 0.3) is 0 Å². The van der Waals surface area contributed by atoms with Crippen LogP contribution in [0.15, 0.2) is 95.6 Å². The van der Waals surface area contributed by atoms with Crippen LogP contribution >= 0.6 is 0 Å². The molecule has 0 N–H and O–H groups in total. The molecule has 1 atom stereocenters. The Morgan fingerprint density at radius 2 is 1.10 bits per heavy atom. The van der Waals surface area contributed by atoms with Gasteiger partial charge in [0.1, 0.15) is 8.80 Å². The molecule has 30 heavy (non-hydrogen) atoms. The smallest absolute Gasteiger partial charge is 0.0629 e. The summed E-state index contributed by atoms with van der Waals surface area (Å²) in [5.74, 6) is 0.487. The molecule has 1 radical (unpaired) electrons. The van der Waals surface area contributed by atoms with Crippen LogP contribution in [0.5, 0.6) is 0 Å². The predicted molar refractivity (Wildman–Crippen MR) is 133 cm³/mol. The standard InChI is InChI=1S/C29H31Si/c1-20-13-9-11-17-27(20)30(28-18-12-10-14-21(28)2)19-26-23(4)22(3)24(5)29(26)25-15-7-6-8-16-25/h6-18,26H,19H2,1-5H3. The van der Waals surface area contributed by atoms with E-state index in [9.17, 15) is 0 Å². The summed E-state index contributed by atoms with van der Waals surface area (Å²) < 4.78 is 0. The van der Waals surface area contributed by atoms with Crippen molar-refractivity contribution in [3.63, 3.8) is 0 Å². The molecule has 4 rings (SSSR count). The maximum atomic E-state index is 2.37. The molecule has 0 aromatic heterocycles. The Bertz CT molecular complexity index is 1070. The third kappa shape index (κ3) is 3.75. The Morgan fingerprint density at radius 1 is 0.600 bits per heavy atom. The quantitative estimate of drug-likeness (QED) is 0.432. The van der Waals surface area contributed by atoms with Gasteiger partial charge in [0.2, 0.25) is 0 Å². The summed E-state index contributed by atoms with van der Waals surface area (Å²) in [5, 5.41) is 3.11. The molecule has 0 saturated carbocycles. The van der Waals surface area contributed by atoms with Crippen molar-refractivity contribution in [3.05, 3.63) is 112 Å². The molecule has 151 valence electrons. The third-order valence-electron chi connectivity index (χ3n) is 6.86. The molecule has 1 unspecified atom stereocenters. The van der Waals surface area contributed by atoms with Crippen LogP contribution in [-0.4, -0.2) is 8.80 Å². The van der Waals surface area contributed by atoms with Crippen molar-refractivity contribution in [2.75, 3.05) is 0 Å². The SMILES string of the molecule is CC1=C(C)C(C[Si](c2ccccc2C)c2ccccc2C)C(c2ccccc2)=C1C. The Balaban J connectivity index is 1.83. The molecule has 0 fully saturated rings. The Hall–Kier alpha value is -2.64. The molecule has 1 heteroatoms. The number of allylic oxidation sites excluding steroid dienone is 4. The molecule has 0 nitrogen and oxygen atoms in total. The molecule has 0 heterocycles. The summed E-state index contributed by atoms with van der Waals surface area (Å²) in [4.78, 5) is 0. The first kappa shape index (κ1) is 20.6. The molecular weight excluding hydrogens is 376 g/mol. The molecule has 3 aromatic rings. The molecule has 1 aliphatic rings. The van der Waals surface area contributed by atoms with E-state index in [2.05, 4.69) is 113 Å². The summed E-state index contributed by atoms with van der Waals surface area (Å²) >= 11 is 0. The highest BCUT2D eigenvalue weighted by molar-refractivity contribution is 6.86. The fourth-order valence-electron chi connectivity index (χ4n) is 4.92. The highest BCUT2D eigenvalue weighted by Crippen LogP contribution is 2.45. The van der Waals surface area contributed by atoms with Gasteiger partial charge >= 0.3 is 0 Å². The van der Waals surface area contributed by atoms with Gasteiger partial charge in [0.15, 0.2) is 0 Å². The number of hydrogen-bond donors (Lipinski definition) is 0. The van der Waals surface area contributed by atoms with Gasteiger partial charge < -0.3 is 0 Å². The van der Waals surface area contributed by atoms with E-state index in [1.54, 1.807) is 15.9 Å². The Morgan fingerprint density at radius 3 is 1.63 bits per heavy atom.